The number of aromatic nitrogens is 1. The van der Waals surface area contributed by atoms with Gasteiger partial charge >= 0.3 is 0 Å². The zero-order chi connectivity index (χ0) is 13.0. The third-order valence-corrected chi connectivity index (χ3v) is 2.95. The molecule has 0 saturated carbocycles. The van der Waals surface area contributed by atoms with Crippen LogP contribution in [0.25, 0.3) is 0 Å². The van der Waals surface area contributed by atoms with Crippen LogP contribution in [-0.4, -0.2) is 11.5 Å². The Labute approximate surface area is 105 Å². The van der Waals surface area contributed by atoms with E-state index in [0.717, 1.165) is 17.9 Å². The Morgan fingerprint density at radius 1 is 1.35 bits per heavy atom. The van der Waals surface area contributed by atoms with E-state index in [0.29, 0.717) is 6.04 Å². The second kappa shape index (κ2) is 5.97. The second-order valence-corrected chi connectivity index (χ2v) is 4.99. The van der Waals surface area contributed by atoms with Gasteiger partial charge in [0.25, 0.3) is 0 Å². The van der Waals surface area contributed by atoms with E-state index in [-0.39, 0.29) is 0 Å². The van der Waals surface area contributed by atoms with Gasteiger partial charge in [0.15, 0.2) is 0 Å². The summed E-state index contributed by atoms with van der Waals surface area (Å²) in [6.07, 6.45) is 2.21. The number of hydrogen-bond donors (Lipinski definition) is 1. The van der Waals surface area contributed by atoms with Crippen LogP contribution in [0.2, 0.25) is 0 Å². The molecule has 0 spiro atoms. The SMILES string of the molecule is CC(C)=CCNC(C)c1c(C)cc(C)nc1C. The predicted octanol–water partition coefficient (Wildman–Crippen LogP) is 3.62. The molecular formula is C15H24N2. The summed E-state index contributed by atoms with van der Waals surface area (Å²) in [6, 6.07) is 2.50. The summed E-state index contributed by atoms with van der Waals surface area (Å²) >= 11 is 0. The first kappa shape index (κ1) is 13.9. The number of pyridine rings is 1. The molecule has 1 unspecified atom stereocenters. The molecule has 1 aromatic heterocycles. The Hall–Kier alpha value is -1.15. The molecule has 17 heavy (non-hydrogen) atoms. The molecule has 2 nitrogen and oxygen atoms in total. The van der Waals surface area contributed by atoms with Gasteiger partial charge in [0.2, 0.25) is 0 Å². The maximum atomic E-state index is 4.54. The molecule has 0 saturated heterocycles. The summed E-state index contributed by atoms with van der Waals surface area (Å²) in [5.74, 6) is 0. The normalized spacial score (nSPS) is 12.4. The number of hydrogen-bond acceptors (Lipinski definition) is 2. The van der Waals surface area contributed by atoms with Crippen molar-refractivity contribution in [1.29, 1.82) is 0 Å². The van der Waals surface area contributed by atoms with Crippen molar-refractivity contribution in [2.24, 2.45) is 0 Å². The highest BCUT2D eigenvalue weighted by molar-refractivity contribution is 5.33. The standard InChI is InChI=1S/C15H24N2/c1-10(2)7-8-16-13(5)15-11(3)9-12(4)17-14(15)6/h7,9,13,16H,8H2,1-6H3. The predicted molar refractivity (Wildman–Crippen MR) is 74.3 cm³/mol. The van der Waals surface area contributed by atoms with Gasteiger partial charge in [-0.1, -0.05) is 11.6 Å². The van der Waals surface area contributed by atoms with E-state index >= 15 is 0 Å². The van der Waals surface area contributed by atoms with Gasteiger partial charge in [0.1, 0.15) is 0 Å². The molecule has 1 rings (SSSR count). The first-order valence-electron chi connectivity index (χ1n) is 6.23. The van der Waals surface area contributed by atoms with Gasteiger partial charge in [-0.25, -0.2) is 0 Å². The highest BCUT2D eigenvalue weighted by atomic mass is 14.9. The molecule has 0 aliphatic carbocycles. The Balaban J connectivity index is 2.82. The lowest BCUT2D eigenvalue weighted by Crippen LogP contribution is -2.21. The molecular weight excluding hydrogens is 208 g/mol. The van der Waals surface area contributed by atoms with Gasteiger partial charge in [-0.2, -0.15) is 0 Å². The van der Waals surface area contributed by atoms with Crippen molar-refractivity contribution in [3.63, 3.8) is 0 Å². The molecule has 0 radical (unpaired) electrons. The maximum absolute atomic E-state index is 4.54. The molecule has 0 amide bonds. The largest absolute Gasteiger partial charge is 0.307 e. The van der Waals surface area contributed by atoms with Crippen molar-refractivity contribution >= 4 is 0 Å². The third kappa shape index (κ3) is 3.97. The van der Waals surface area contributed by atoms with Crippen molar-refractivity contribution in [3.8, 4) is 0 Å². The van der Waals surface area contributed by atoms with Gasteiger partial charge < -0.3 is 5.32 Å². The van der Waals surface area contributed by atoms with E-state index in [9.17, 15) is 0 Å². The molecule has 1 heterocycles. The van der Waals surface area contributed by atoms with Crippen LogP contribution < -0.4 is 5.32 Å². The average molecular weight is 232 g/mol. The molecule has 0 aliphatic rings. The monoisotopic (exact) mass is 232 g/mol. The van der Waals surface area contributed by atoms with E-state index in [2.05, 4.69) is 57.1 Å². The van der Waals surface area contributed by atoms with Crippen LogP contribution in [0.4, 0.5) is 0 Å². The van der Waals surface area contributed by atoms with E-state index in [1.54, 1.807) is 0 Å². The van der Waals surface area contributed by atoms with Crippen LogP contribution >= 0.6 is 0 Å². The Bertz CT molecular complexity index is 392. The molecule has 0 aromatic carbocycles. The van der Waals surface area contributed by atoms with Crippen molar-refractivity contribution in [3.05, 3.63) is 40.2 Å². The van der Waals surface area contributed by atoms with Crippen molar-refractivity contribution in [2.75, 3.05) is 6.54 Å². The minimum Gasteiger partial charge on any atom is -0.307 e. The first-order valence-corrected chi connectivity index (χ1v) is 6.23. The van der Waals surface area contributed by atoms with E-state index < -0.39 is 0 Å². The maximum Gasteiger partial charge on any atom is 0.0426 e. The Morgan fingerprint density at radius 2 is 2.00 bits per heavy atom. The molecule has 1 aromatic rings. The molecule has 94 valence electrons. The number of rotatable bonds is 4. The van der Waals surface area contributed by atoms with E-state index in [4.69, 9.17) is 0 Å². The number of allylic oxidation sites excluding steroid dienone is 1. The number of nitrogens with one attached hydrogen (secondary N) is 1. The van der Waals surface area contributed by atoms with Gasteiger partial charge in [0.05, 0.1) is 0 Å². The quantitative estimate of drug-likeness (QED) is 0.802. The lowest BCUT2D eigenvalue weighted by atomic mass is 10.0. The zero-order valence-corrected chi connectivity index (χ0v) is 11.9. The van der Waals surface area contributed by atoms with Crippen molar-refractivity contribution < 1.29 is 0 Å². The lowest BCUT2D eigenvalue weighted by Gasteiger charge is -2.18. The second-order valence-electron chi connectivity index (χ2n) is 4.99. The van der Waals surface area contributed by atoms with Gasteiger partial charge in [-0.3, -0.25) is 4.98 Å². The Kier molecular flexibility index (Phi) is 4.88. The third-order valence-electron chi connectivity index (χ3n) is 2.95. The highest BCUT2D eigenvalue weighted by Gasteiger charge is 2.11. The van der Waals surface area contributed by atoms with Crippen LogP contribution in [0, 0.1) is 20.8 Å². The average Bonchev–Trinajstić information content (AvgIpc) is 2.14. The first-order chi connectivity index (χ1) is 7.91. The van der Waals surface area contributed by atoms with Crippen molar-refractivity contribution in [1.82, 2.24) is 10.3 Å². The van der Waals surface area contributed by atoms with Crippen LogP contribution in [0.1, 0.15) is 49.3 Å². The van der Waals surface area contributed by atoms with E-state index in [1.807, 2.05) is 6.92 Å². The minimum absolute atomic E-state index is 0.346. The molecule has 1 atom stereocenters. The van der Waals surface area contributed by atoms with Gasteiger partial charge in [-0.15, -0.1) is 0 Å². The summed E-state index contributed by atoms with van der Waals surface area (Å²) in [5.41, 5.74) is 6.24. The molecule has 2 heteroatoms. The summed E-state index contributed by atoms with van der Waals surface area (Å²) in [4.78, 5) is 4.54. The molecule has 0 aliphatic heterocycles. The number of nitrogens with zero attached hydrogens (tertiary/aromatic N) is 1. The summed E-state index contributed by atoms with van der Waals surface area (Å²) in [7, 11) is 0. The van der Waals surface area contributed by atoms with Gasteiger partial charge in [-0.05, 0) is 58.7 Å². The van der Waals surface area contributed by atoms with Crippen LogP contribution in [0.15, 0.2) is 17.7 Å². The summed E-state index contributed by atoms with van der Waals surface area (Å²) in [5, 5.41) is 3.51. The topological polar surface area (TPSA) is 24.9 Å². The van der Waals surface area contributed by atoms with Crippen LogP contribution in [0.5, 0.6) is 0 Å². The fraction of sp³-hybridized carbons (Fsp3) is 0.533. The van der Waals surface area contributed by atoms with E-state index in [1.165, 1.54) is 16.7 Å². The summed E-state index contributed by atoms with van der Waals surface area (Å²) in [6.45, 7) is 13.7. The lowest BCUT2D eigenvalue weighted by molar-refractivity contribution is 0.606. The fourth-order valence-corrected chi connectivity index (χ4v) is 2.23. The number of aryl methyl sites for hydroxylation is 3. The van der Waals surface area contributed by atoms with Crippen molar-refractivity contribution in [2.45, 2.75) is 47.6 Å². The van der Waals surface area contributed by atoms with Crippen LogP contribution in [0.3, 0.4) is 0 Å². The summed E-state index contributed by atoms with van der Waals surface area (Å²) < 4.78 is 0. The molecule has 0 fully saturated rings. The van der Waals surface area contributed by atoms with Crippen LogP contribution in [-0.2, 0) is 0 Å². The van der Waals surface area contributed by atoms with Gasteiger partial charge in [0, 0.05) is 24.0 Å². The minimum atomic E-state index is 0.346. The highest BCUT2D eigenvalue weighted by Crippen LogP contribution is 2.20. The molecule has 1 N–H and O–H groups in total. The molecule has 0 bridgehead atoms. The fourth-order valence-electron chi connectivity index (χ4n) is 2.23. The Morgan fingerprint density at radius 3 is 2.53 bits per heavy atom. The zero-order valence-electron chi connectivity index (χ0n) is 11.9. The smallest absolute Gasteiger partial charge is 0.0426 e.